The molecule has 1 aromatic heterocycles. The predicted octanol–water partition coefficient (Wildman–Crippen LogP) is 3.43. The lowest BCUT2D eigenvalue weighted by Crippen LogP contribution is -2.40. The Morgan fingerprint density at radius 3 is 2.44 bits per heavy atom. The van der Waals surface area contributed by atoms with E-state index >= 15 is 0 Å². The minimum atomic E-state index is -3.01. The van der Waals surface area contributed by atoms with Crippen LogP contribution in [0.4, 0.5) is 8.78 Å². The number of allylic oxidation sites excluding steroid dienone is 1. The van der Waals surface area contributed by atoms with Gasteiger partial charge in [-0.2, -0.15) is 8.78 Å². The van der Waals surface area contributed by atoms with E-state index in [-0.39, 0.29) is 23.7 Å². The number of carbonyl (C=O) groups excluding carboxylic acids is 1. The van der Waals surface area contributed by atoms with Crippen molar-refractivity contribution in [3.05, 3.63) is 78.5 Å². The normalized spacial score (nSPS) is 15.1. The molecule has 1 aliphatic heterocycles. The summed E-state index contributed by atoms with van der Waals surface area (Å²) in [5.74, 6) is 0.277. The smallest absolute Gasteiger partial charge is 0.387 e. The SMILES string of the molecule is CCOC(=O)C1=C(C)N=c2s/c(=C/c3ccc(OC(F)F)c(OC)c3)c(=O)n2[C@H]1c1cc(OC)ccc1OC. The molecule has 39 heavy (non-hydrogen) atoms. The molecule has 0 radical (unpaired) electrons. The molecule has 0 unspecified atom stereocenters. The van der Waals surface area contributed by atoms with Crippen molar-refractivity contribution in [3.63, 3.8) is 0 Å². The number of nitrogens with zero attached hydrogens (tertiary/aromatic N) is 2. The molecular weight excluding hydrogens is 534 g/mol. The summed E-state index contributed by atoms with van der Waals surface area (Å²) < 4.78 is 53.1. The predicted molar refractivity (Wildman–Crippen MR) is 140 cm³/mol. The van der Waals surface area contributed by atoms with Gasteiger partial charge in [0.05, 0.1) is 43.7 Å². The number of aromatic nitrogens is 1. The Morgan fingerprint density at radius 2 is 1.79 bits per heavy atom. The van der Waals surface area contributed by atoms with E-state index in [4.69, 9.17) is 18.9 Å². The largest absolute Gasteiger partial charge is 0.497 e. The minimum absolute atomic E-state index is 0.0799. The zero-order chi connectivity index (χ0) is 28.3. The van der Waals surface area contributed by atoms with E-state index in [0.29, 0.717) is 37.7 Å². The number of thiazole rings is 1. The van der Waals surface area contributed by atoms with Gasteiger partial charge in [0.2, 0.25) is 0 Å². The second-order valence-corrected chi connectivity index (χ2v) is 9.21. The first-order valence-electron chi connectivity index (χ1n) is 11.8. The van der Waals surface area contributed by atoms with Crippen LogP contribution in [0.5, 0.6) is 23.0 Å². The van der Waals surface area contributed by atoms with Gasteiger partial charge in [0.15, 0.2) is 16.3 Å². The Hall–Kier alpha value is -4.19. The average molecular weight is 561 g/mol. The van der Waals surface area contributed by atoms with E-state index in [1.807, 2.05) is 0 Å². The molecule has 3 aromatic rings. The van der Waals surface area contributed by atoms with E-state index in [0.717, 1.165) is 11.3 Å². The summed E-state index contributed by atoms with van der Waals surface area (Å²) in [7, 11) is 4.33. The Morgan fingerprint density at radius 1 is 1.08 bits per heavy atom. The highest BCUT2D eigenvalue weighted by molar-refractivity contribution is 7.07. The molecule has 0 saturated carbocycles. The molecule has 0 amide bonds. The van der Waals surface area contributed by atoms with E-state index in [1.54, 1.807) is 38.1 Å². The summed E-state index contributed by atoms with van der Waals surface area (Å²) in [6, 6.07) is 8.53. The molecule has 0 spiro atoms. The number of rotatable bonds is 9. The number of halogens is 2. The number of hydrogen-bond acceptors (Lipinski definition) is 9. The van der Waals surface area contributed by atoms with Gasteiger partial charge in [-0.15, -0.1) is 0 Å². The molecular formula is C27H26F2N2O7S. The molecule has 0 bridgehead atoms. The van der Waals surface area contributed by atoms with Crippen molar-refractivity contribution >= 4 is 23.4 Å². The second-order valence-electron chi connectivity index (χ2n) is 8.20. The number of esters is 1. The molecule has 4 rings (SSSR count). The van der Waals surface area contributed by atoms with Crippen molar-refractivity contribution in [2.75, 3.05) is 27.9 Å². The highest BCUT2D eigenvalue weighted by Crippen LogP contribution is 2.38. The van der Waals surface area contributed by atoms with E-state index in [1.165, 1.54) is 44.1 Å². The number of methoxy groups -OCH3 is 3. The Bertz CT molecular complexity index is 1610. The molecule has 0 N–H and O–H groups in total. The third-order valence-corrected chi connectivity index (χ3v) is 6.93. The standard InChI is InChI=1S/C27H26F2N2O7S/c1-6-37-25(33)22-14(2)30-27-31(23(22)17-13-16(34-3)8-10-18(17)35-4)24(32)21(39-27)12-15-7-9-19(38-26(28)29)20(11-15)36-5/h7-13,23,26H,6H2,1-5H3/b21-12+/t23-/m0/s1. The molecule has 0 fully saturated rings. The first-order chi connectivity index (χ1) is 18.7. The van der Waals surface area contributed by atoms with Gasteiger partial charge in [0.1, 0.15) is 17.5 Å². The van der Waals surface area contributed by atoms with Crippen molar-refractivity contribution in [3.8, 4) is 23.0 Å². The van der Waals surface area contributed by atoms with Gasteiger partial charge >= 0.3 is 12.6 Å². The molecule has 0 aliphatic carbocycles. The lowest BCUT2D eigenvalue weighted by molar-refractivity contribution is -0.139. The second kappa shape index (κ2) is 11.7. The van der Waals surface area contributed by atoms with Gasteiger partial charge in [-0.05, 0) is 55.8 Å². The summed E-state index contributed by atoms with van der Waals surface area (Å²) in [5, 5.41) is 0. The van der Waals surface area contributed by atoms with E-state index < -0.39 is 24.2 Å². The highest BCUT2D eigenvalue weighted by atomic mass is 32.1. The maximum atomic E-state index is 13.8. The fourth-order valence-electron chi connectivity index (χ4n) is 4.26. The number of hydrogen-bond donors (Lipinski definition) is 0. The van der Waals surface area contributed by atoms with Gasteiger partial charge in [-0.1, -0.05) is 17.4 Å². The molecule has 2 heterocycles. The summed E-state index contributed by atoms with van der Waals surface area (Å²) >= 11 is 1.12. The lowest BCUT2D eigenvalue weighted by Gasteiger charge is -2.26. The first-order valence-corrected chi connectivity index (χ1v) is 12.6. The Balaban J connectivity index is 1.94. The maximum Gasteiger partial charge on any atom is 0.387 e. The average Bonchev–Trinajstić information content (AvgIpc) is 3.22. The number of carbonyl (C=O) groups is 1. The van der Waals surface area contributed by atoms with E-state index in [9.17, 15) is 18.4 Å². The lowest BCUT2D eigenvalue weighted by atomic mass is 9.94. The zero-order valence-electron chi connectivity index (χ0n) is 21.8. The highest BCUT2D eigenvalue weighted by Gasteiger charge is 2.35. The Kier molecular flexibility index (Phi) is 8.34. The van der Waals surface area contributed by atoms with Crippen LogP contribution in [-0.4, -0.2) is 45.1 Å². The van der Waals surface area contributed by atoms with Crippen LogP contribution >= 0.6 is 11.3 Å². The van der Waals surface area contributed by atoms with Crippen molar-refractivity contribution < 1.29 is 37.3 Å². The van der Waals surface area contributed by atoms with Crippen LogP contribution in [0.2, 0.25) is 0 Å². The quantitative estimate of drug-likeness (QED) is 0.370. The molecule has 2 aromatic carbocycles. The number of fused-ring (bicyclic) bond motifs is 1. The Labute approximate surface area is 226 Å². The van der Waals surface area contributed by atoms with Crippen molar-refractivity contribution in [2.24, 2.45) is 4.99 Å². The van der Waals surface area contributed by atoms with Gasteiger partial charge < -0.3 is 23.7 Å². The van der Waals surface area contributed by atoms with Gasteiger partial charge in [0, 0.05) is 5.56 Å². The summed E-state index contributed by atoms with van der Waals surface area (Å²) in [6.07, 6.45) is 1.59. The first kappa shape index (κ1) is 27.8. The monoisotopic (exact) mass is 560 g/mol. The zero-order valence-corrected chi connectivity index (χ0v) is 22.6. The van der Waals surface area contributed by atoms with Crippen molar-refractivity contribution in [1.29, 1.82) is 0 Å². The number of benzene rings is 2. The third kappa shape index (κ3) is 5.51. The molecule has 1 aliphatic rings. The molecule has 1 atom stereocenters. The third-order valence-electron chi connectivity index (χ3n) is 5.95. The van der Waals surface area contributed by atoms with Gasteiger partial charge in [0.25, 0.3) is 5.56 Å². The molecule has 206 valence electrons. The fraction of sp³-hybridized carbons (Fsp3) is 0.296. The van der Waals surface area contributed by atoms with Crippen molar-refractivity contribution in [2.45, 2.75) is 26.5 Å². The summed E-state index contributed by atoms with van der Waals surface area (Å²) in [4.78, 5) is 31.9. The molecule has 0 saturated heterocycles. The van der Waals surface area contributed by atoms with Gasteiger partial charge in [-0.25, -0.2) is 9.79 Å². The maximum absolute atomic E-state index is 13.8. The van der Waals surface area contributed by atoms with E-state index in [2.05, 4.69) is 9.73 Å². The van der Waals surface area contributed by atoms with Crippen LogP contribution in [-0.2, 0) is 9.53 Å². The fourth-order valence-corrected chi connectivity index (χ4v) is 5.30. The summed E-state index contributed by atoms with van der Waals surface area (Å²) in [6.45, 7) is 0.486. The molecule has 12 heteroatoms. The van der Waals surface area contributed by atoms with Gasteiger partial charge in [-0.3, -0.25) is 9.36 Å². The van der Waals surface area contributed by atoms with Crippen LogP contribution in [0.3, 0.4) is 0 Å². The molecule has 9 nitrogen and oxygen atoms in total. The topological polar surface area (TPSA) is 97.6 Å². The van der Waals surface area contributed by atoms with Crippen LogP contribution in [0.1, 0.15) is 31.0 Å². The number of alkyl halides is 2. The van der Waals surface area contributed by atoms with Crippen LogP contribution in [0.15, 0.2) is 57.5 Å². The van der Waals surface area contributed by atoms with Crippen LogP contribution in [0, 0.1) is 0 Å². The number of ether oxygens (including phenoxy) is 5. The van der Waals surface area contributed by atoms with Crippen LogP contribution in [0.25, 0.3) is 6.08 Å². The van der Waals surface area contributed by atoms with Crippen molar-refractivity contribution in [1.82, 2.24) is 4.57 Å². The van der Waals surface area contributed by atoms with Crippen LogP contribution < -0.4 is 33.8 Å². The summed E-state index contributed by atoms with van der Waals surface area (Å²) in [5.41, 5.74) is 1.19. The minimum Gasteiger partial charge on any atom is -0.497 e.